The predicted molar refractivity (Wildman–Crippen MR) is 170 cm³/mol. The van der Waals surface area contributed by atoms with E-state index in [4.69, 9.17) is 4.74 Å². The SMILES string of the molecule is CC(C)C[C@H](NC(=O)[C@@H](NC(=O)OC(C)c1ccccn1)C(C)(C)C)C(=O)NC(CC1CCNC1=O)C(=O)C(=O)c1ccc(F)cc1. The molecule has 1 aliphatic heterocycles. The fourth-order valence-corrected chi connectivity index (χ4v) is 5.18. The highest BCUT2D eigenvalue weighted by atomic mass is 19.1. The molecule has 1 fully saturated rings. The molecule has 1 aromatic carbocycles. The van der Waals surface area contributed by atoms with Crippen LogP contribution < -0.4 is 21.3 Å². The number of carbonyl (C=O) groups excluding carboxylic acids is 6. The molecule has 0 spiro atoms. The van der Waals surface area contributed by atoms with Crippen molar-refractivity contribution in [3.8, 4) is 0 Å². The van der Waals surface area contributed by atoms with Gasteiger partial charge in [-0.1, -0.05) is 40.7 Å². The normalized spacial score (nSPS) is 17.1. The van der Waals surface area contributed by atoms with Gasteiger partial charge in [0.05, 0.1) is 11.7 Å². The van der Waals surface area contributed by atoms with Crippen LogP contribution in [0, 0.1) is 23.1 Å². The molecular weight excluding hydrogens is 609 g/mol. The van der Waals surface area contributed by atoms with Crippen LogP contribution in [-0.2, 0) is 23.9 Å². The van der Waals surface area contributed by atoms with Crippen LogP contribution in [0.15, 0.2) is 48.7 Å². The van der Waals surface area contributed by atoms with E-state index in [0.29, 0.717) is 18.7 Å². The van der Waals surface area contributed by atoms with Gasteiger partial charge in [-0.05, 0) is 73.9 Å². The lowest BCUT2D eigenvalue weighted by molar-refractivity contribution is -0.133. The molecule has 3 rings (SSSR count). The van der Waals surface area contributed by atoms with Crippen LogP contribution in [0.4, 0.5) is 9.18 Å². The maximum Gasteiger partial charge on any atom is 0.408 e. The number of ketones is 2. The Labute approximate surface area is 274 Å². The summed E-state index contributed by atoms with van der Waals surface area (Å²) < 4.78 is 18.9. The minimum absolute atomic E-state index is 0.0677. The van der Waals surface area contributed by atoms with Crippen molar-refractivity contribution in [1.29, 1.82) is 0 Å². The van der Waals surface area contributed by atoms with Crippen molar-refractivity contribution in [1.82, 2.24) is 26.3 Å². The summed E-state index contributed by atoms with van der Waals surface area (Å²) in [5, 5.41) is 10.6. The number of rotatable bonds is 14. The fraction of sp³-hybridized carbons (Fsp3) is 0.500. The van der Waals surface area contributed by atoms with E-state index in [0.717, 1.165) is 12.1 Å². The number of alkyl carbamates (subject to hydrolysis) is 1. The quantitative estimate of drug-likeness (QED) is 0.177. The van der Waals surface area contributed by atoms with Crippen LogP contribution in [0.25, 0.3) is 0 Å². The number of carbonyl (C=O) groups is 6. The van der Waals surface area contributed by atoms with Crippen molar-refractivity contribution in [3.05, 3.63) is 65.7 Å². The van der Waals surface area contributed by atoms with Crippen molar-refractivity contribution >= 4 is 35.4 Å². The standard InChI is InChI=1S/C34H44FN5O7/c1-19(2)17-26(39-32(45)29(34(4,5)6)40-33(46)47-20(3)24-9-7-8-15-36-24)31(44)38-25(18-22-14-16-37-30(22)43)28(42)27(41)21-10-12-23(35)13-11-21/h7-13,15,19-20,22,25-26,29H,14,16-18H2,1-6H3,(H,37,43)(H,38,44)(H,39,45)(H,40,46)/t20?,22?,25?,26-,29+/m0/s1. The Morgan fingerprint density at radius 2 is 1.62 bits per heavy atom. The lowest BCUT2D eigenvalue weighted by atomic mass is 9.86. The molecule has 2 heterocycles. The highest BCUT2D eigenvalue weighted by Crippen LogP contribution is 2.22. The Morgan fingerprint density at radius 1 is 0.957 bits per heavy atom. The van der Waals surface area contributed by atoms with Crippen molar-refractivity contribution < 1.29 is 37.9 Å². The molecule has 2 aromatic rings. The summed E-state index contributed by atoms with van der Waals surface area (Å²) in [5.74, 6) is -4.94. The van der Waals surface area contributed by atoms with E-state index in [2.05, 4.69) is 26.3 Å². The van der Waals surface area contributed by atoms with Crippen LogP contribution in [0.2, 0.25) is 0 Å². The average Bonchev–Trinajstić information content (AvgIpc) is 3.42. The second-order valence-corrected chi connectivity index (χ2v) is 13.2. The van der Waals surface area contributed by atoms with Gasteiger partial charge in [0, 0.05) is 24.2 Å². The number of hydrogen-bond donors (Lipinski definition) is 4. The molecular formula is C34H44FN5O7. The van der Waals surface area contributed by atoms with Gasteiger partial charge in [0.15, 0.2) is 0 Å². The molecule has 1 saturated heterocycles. The van der Waals surface area contributed by atoms with E-state index in [1.54, 1.807) is 52.1 Å². The lowest BCUT2D eigenvalue weighted by Crippen LogP contribution is -2.59. The van der Waals surface area contributed by atoms with Crippen molar-refractivity contribution in [2.45, 2.75) is 85.0 Å². The van der Waals surface area contributed by atoms with Crippen molar-refractivity contribution in [3.63, 3.8) is 0 Å². The number of benzene rings is 1. The number of pyridine rings is 1. The Morgan fingerprint density at radius 3 is 2.17 bits per heavy atom. The van der Waals surface area contributed by atoms with E-state index in [1.165, 1.54) is 12.1 Å². The zero-order chi connectivity index (χ0) is 34.9. The van der Waals surface area contributed by atoms with E-state index < -0.39 is 70.9 Å². The van der Waals surface area contributed by atoms with E-state index in [-0.39, 0.29) is 30.2 Å². The Bertz CT molecular complexity index is 1440. The lowest BCUT2D eigenvalue weighted by Gasteiger charge is -2.32. The first kappa shape index (κ1) is 36.8. The van der Waals surface area contributed by atoms with E-state index >= 15 is 0 Å². The molecule has 13 heteroatoms. The molecule has 3 unspecified atom stereocenters. The van der Waals surface area contributed by atoms with Gasteiger partial charge in [-0.15, -0.1) is 0 Å². The summed E-state index contributed by atoms with van der Waals surface area (Å²) >= 11 is 0. The van der Waals surface area contributed by atoms with Gasteiger partial charge < -0.3 is 26.0 Å². The van der Waals surface area contributed by atoms with Gasteiger partial charge in [-0.2, -0.15) is 0 Å². The third kappa shape index (κ3) is 10.7. The molecule has 0 saturated carbocycles. The Hall–Kier alpha value is -4.68. The number of aromatic nitrogens is 1. The molecule has 0 bridgehead atoms. The molecule has 254 valence electrons. The molecule has 5 atom stereocenters. The zero-order valence-electron chi connectivity index (χ0n) is 27.6. The van der Waals surface area contributed by atoms with Gasteiger partial charge in [0.1, 0.15) is 24.0 Å². The maximum absolute atomic E-state index is 13.7. The summed E-state index contributed by atoms with van der Waals surface area (Å²) in [6.45, 7) is 10.9. The Balaban J connectivity index is 1.79. The van der Waals surface area contributed by atoms with Crippen LogP contribution >= 0.6 is 0 Å². The maximum atomic E-state index is 13.7. The monoisotopic (exact) mass is 653 g/mol. The summed E-state index contributed by atoms with van der Waals surface area (Å²) in [6.07, 6.45) is 0.433. The number of amides is 4. The van der Waals surface area contributed by atoms with Crippen molar-refractivity contribution in [2.24, 2.45) is 17.3 Å². The van der Waals surface area contributed by atoms with Crippen molar-refractivity contribution in [2.75, 3.05) is 6.54 Å². The van der Waals surface area contributed by atoms with Gasteiger partial charge in [-0.3, -0.25) is 29.0 Å². The molecule has 0 radical (unpaired) electrons. The van der Waals surface area contributed by atoms with Gasteiger partial charge >= 0.3 is 6.09 Å². The number of Topliss-reactive ketones (excluding diaryl/α,β-unsaturated/α-hetero) is 2. The third-order valence-electron chi connectivity index (χ3n) is 7.76. The molecule has 4 amide bonds. The molecule has 0 aliphatic carbocycles. The van der Waals surface area contributed by atoms with Crippen LogP contribution in [0.3, 0.4) is 0 Å². The van der Waals surface area contributed by atoms with Gasteiger partial charge in [-0.25, -0.2) is 9.18 Å². The van der Waals surface area contributed by atoms with Crippen LogP contribution in [0.5, 0.6) is 0 Å². The number of halogens is 1. The Kier molecular flexibility index (Phi) is 12.7. The summed E-state index contributed by atoms with van der Waals surface area (Å²) in [7, 11) is 0. The second kappa shape index (κ2) is 16.2. The number of hydrogen-bond acceptors (Lipinski definition) is 8. The molecule has 47 heavy (non-hydrogen) atoms. The summed E-state index contributed by atoms with van der Waals surface area (Å²) in [6, 6.07) is 5.92. The minimum Gasteiger partial charge on any atom is -0.440 e. The highest BCUT2D eigenvalue weighted by Gasteiger charge is 2.38. The fourth-order valence-electron chi connectivity index (χ4n) is 5.18. The van der Waals surface area contributed by atoms with E-state index in [1.807, 2.05) is 13.8 Å². The summed E-state index contributed by atoms with van der Waals surface area (Å²) in [4.78, 5) is 83.3. The molecule has 1 aromatic heterocycles. The van der Waals surface area contributed by atoms with E-state index in [9.17, 15) is 33.2 Å². The predicted octanol–water partition coefficient (Wildman–Crippen LogP) is 3.42. The number of ether oxygens (including phenoxy) is 1. The molecule has 12 nitrogen and oxygen atoms in total. The van der Waals surface area contributed by atoms with Gasteiger partial charge in [0.25, 0.3) is 0 Å². The first-order valence-corrected chi connectivity index (χ1v) is 15.7. The zero-order valence-corrected chi connectivity index (χ0v) is 27.6. The average molecular weight is 654 g/mol. The third-order valence-corrected chi connectivity index (χ3v) is 7.76. The first-order chi connectivity index (χ1) is 22.1. The number of nitrogens with one attached hydrogen (secondary N) is 4. The molecule has 1 aliphatic rings. The minimum atomic E-state index is -1.39. The summed E-state index contributed by atoms with van der Waals surface area (Å²) in [5.41, 5.74) is -0.362. The molecule has 4 N–H and O–H groups in total. The second-order valence-electron chi connectivity index (χ2n) is 13.2. The number of nitrogens with zero attached hydrogens (tertiary/aromatic N) is 1. The van der Waals surface area contributed by atoms with Gasteiger partial charge in [0.2, 0.25) is 29.3 Å². The topological polar surface area (TPSA) is 173 Å². The van der Waals surface area contributed by atoms with Crippen LogP contribution in [-0.4, -0.2) is 65.0 Å². The first-order valence-electron chi connectivity index (χ1n) is 15.7. The van der Waals surface area contributed by atoms with Crippen LogP contribution in [0.1, 0.15) is 83.0 Å². The largest absolute Gasteiger partial charge is 0.440 e. The highest BCUT2D eigenvalue weighted by molar-refractivity contribution is 6.45. The smallest absolute Gasteiger partial charge is 0.408 e.